The molecule has 0 aliphatic rings. The lowest BCUT2D eigenvalue weighted by molar-refractivity contribution is 0.102. The van der Waals surface area contributed by atoms with E-state index < -0.39 is 0 Å². The van der Waals surface area contributed by atoms with Crippen molar-refractivity contribution in [3.63, 3.8) is 0 Å². The molecule has 2 aromatic rings. The van der Waals surface area contributed by atoms with Crippen LogP contribution in [0.4, 0.5) is 11.4 Å². The Labute approximate surface area is 113 Å². The van der Waals surface area contributed by atoms with Crippen LogP contribution in [0.1, 0.15) is 27.0 Å². The monoisotopic (exact) mass is 254 g/mol. The van der Waals surface area contributed by atoms with Gasteiger partial charge in [-0.3, -0.25) is 4.79 Å². The number of rotatable bonds is 2. The number of carbonyl (C=O) groups excluding carboxylic acids is 1. The van der Waals surface area contributed by atoms with Gasteiger partial charge in [0.25, 0.3) is 5.91 Å². The molecule has 0 atom stereocenters. The van der Waals surface area contributed by atoms with Gasteiger partial charge in [-0.1, -0.05) is 18.2 Å². The predicted octanol–water partition coefficient (Wildman–Crippen LogP) is 3.45. The molecule has 0 spiro atoms. The van der Waals surface area contributed by atoms with E-state index in [2.05, 4.69) is 5.32 Å². The molecule has 0 saturated heterocycles. The first-order valence-corrected chi connectivity index (χ1v) is 6.22. The zero-order valence-electron chi connectivity index (χ0n) is 11.4. The molecule has 3 N–H and O–H groups in total. The smallest absolute Gasteiger partial charge is 0.255 e. The van der Waals surface area contributed by atoms with Crippen molar-refractivity contribution in [2.75, 3.05) is 11.1 Å². The molecule has 2 rings (SSSR count). The lowest BCUT2D eigenvalue weighted by Gasteiger charge is -2.12. The van der Waals surface area contributed by atoms with E-state index in [0.717, 1.165) is 22.4 Å². The van der Waals surface area contributed by atoms with Gasteiger partial charge < -0.3 is 11.1 Å². The minimum absolute atomic E-state index is 0.102. The Balaban J connectivity index is 2.31. The van der Waals surface area contributed by atoms with Gasteiger partial charge in [-0.05, 0) is 55.7 Å². The quantitative estimate of drug-likeness (QED) is 0.806. The summed E-state index contributed by atoms with van der Waals surface area (Å²) in [6, 6.07) is 11.3. The van der Waals surface area contributed by atoms with Crippen LogP contribution in [0.2, 0.25) is 0 Å². The third-order valence-corrected chi connectivity index (χ3v) is 3.21. The molecule has 0 radical (unpaired) electrons. The van der Waals surface area contributed by atoms with E-state index in [4.69, 9.17) is 5.73 Å². The molecule has 0 aromatic heterocycles. The van der Waals surface area contributed by atoms with Crippen molar-refractivity contribution in [2.24, 2.45) is 0 Å². The normalized spacial score (nSPS) is 10.3. The van der Waals surface area contributed by atoms with Crippen LogP contribution in [0.25, 0.3) is 0 Å². The van der Waals surface area contributed by atoms with Gasteiger partial charge >= 0.3 is 0 Å². The van der Waals surface area contributed by atoms with Crippen LogP contribution in [0.5, 0.6) is 0 Å². The van der Waals surface area contributed by atoms with Crippen molar-refractivity contribution in [3.05, 3.63) is 58.7 Å². The topological polar surface area (TPSA) is 55.1 Å². The number of nitrogen functional groups attached to an aromatic ring is 1. The fraction of sp³-hybridized carbons (Fsp3) is 0.188. The Morgan fingerprint density at radius 1 is 1.00 bits per heavy atom. The van der Waals surface area contributed by atoms with Crippen LogP contribution < -0.4 is 11.1 Å². The molecular formula is C16H18N2O. The summed E-state index contributed by atoms with van der Waals surface area (Å²) in [5.41, 5.74) is 10.9. The summed E-state index contributed by atoms with van der Waals surface area (Å²) in [4.78, 5) is 12.3. The van der Waals surface area contributed by atoms with Gasteiger partial charge in [-0.15, -0.1) is 0 Å². The van der Waals surface area contributed by atoms with Crippen LogP contribution in [-0.2, 0) is 0 Å². The third-order valence-electron chi connectivity index (χ3n) is 3.21. The highest BCUT2D eigenvalue weighted by molar-refractivity contribution is 6.06. The number of nitrogens with two attached hydrogens (primary N) is 1. The summed E-state index contributed by atoms with van der Waals surface area (Å²) in [6.45, 7) is 5.85. The molecule has 0 unspecified atom stereocenters. The SMILES string of the molecule is Cc1cc(N)ccc1C(=O)Nc1c(C)cccc1C. The number of benzene rings is 2. The van der Waals surface area contributed by atoms with Crippen molar-refractivity contribution in [1.82, 2.24) is 0 Å². The highest BCUT2D eigenvalue weighted by Gasteiger charge is 2.11. The highest BCUT2D eigenvalue weighted by atomic mass is 16.1. The summed E-state index contributed by atoms with van der Waals surface area (Å²) in [5.74, 6) is -0.102. The number of carbonyl (C=O) groups is 1. The highest BCUT2D eigenvalue weighted by Crippen LogP contribution is 2.21. The number of para-hydroxylation sites is 1. The summed E-state index contributed by atoms with van der Waals surface area (Å²) >= 11 is 0. The molecule has 0 saturated carbocycles. The number of nitrogens with one attached hydrogen (secondary N) is 1. The first-order valence-electron chi connectivity index (χ1n) is 6.22. The predicted molar refractivity (Wildman–Crippen MR) is 79.5 cm³/mol. The van der Waals surface area contributed by atoms with E-state index in [1.807, 2.05) is 39.0 Å². The molecule has 0 bridgehead atoms. The van der Waals surface area contributed by atoms with Crippen LogP contribution >= 0.6 is 0 Å². The Morgan fingerprint density at radius 3 is 2.21 bits per heavy atom. The van der Waals surface area contributed by atoms with Crippen LogP contribution in [0.3, 0.4) is 0 Å². The first kappa shape index (κ1) is 13.1. The molecule has 2 aromatic carbocycles. The largest absolute Gasteiger partial charge is 0.399 e. The minimum Gasteiger partial charge on any atom is -0.399 e. The van der Waals surface area contributed by atoms with Gasteiger partial charge in [-0.2, -0.15) is 0 Å². The molecule has 0 aliphatic heterocycles. The lowest BCUT2D eigenvalue weighted by atomic mass is 10.1. The Bertz CT molecular complexity index is 612. The van der Waals surface area contributed by atoms with Crippen molar-refractivity contribution >= 4 is 17.3 Å². The van der Waals surface area contributed by atoms with E-state index in [1.165, 1.54) is 0 Å². The van der Waals surface area contributed by atoms with E-state index >= 15 is 0 Å². The first-order chi connectivity index (χ1) is 8.99. The summed E-state index contributed by atoms with van der Waals surface area (Å²) in [5, 5.41) is 2.98. The number of anilines is 2. The third kappa shape index (κ3) is 2.76. The lowest BCUT2D eigenvalue weighted by Crippen LogP contribution is -2.15. The Morgan fingerprint density at radius 2 is 1.63 bits per heavy atom. The maximum atomic E-state index is 12.3. The number of hydrogen-bond donors (Lipinski definition) is 2. The van der Waals surface area contributed by atoms with E-state index in [0.29, 0.717) is 11.3 Å². The number of amides is 1. The Kier molecular flexibility index (Phi) is 3.56. The Hall–Kier alpha value is -2.29. The molecule has 0 aliphatic carbocycles. The zero-order valence-corrected chi connectivity index (χ0v) is 11.4. The van der Waals surface area contributed by atoms with E-state index in [1.54, 1.807) is 18.2 Å². The number of aryl methyl sites for hydroxylation is 3. The van der Waals surface area contributed by atoms with Crippen LogP contribution in [0, 0.1) is 20.8 Å². The molecule has 0 heterocycles. The van der Waals surface area contributed by atoms with Crippen molar-refractivity contribution < 1.29 is 4.79 Å². The molecule has 3 nitrogen and oxygen atoms in total. The summed E-state index contributed by atoms with van der Waals surface area (Å²) in [7, 11) is 0. The van der Waals surface area contributed by atoms with Crippen LogP contribution in [0.15, 0.2) is 36.4 Å². The maximum absolute atomic E-state index is 12.3. The number of hydrogen-bond acceptors (Lipinski definition) is 2. The fourth-order valence-electron chi connectivity index (χ4n) is 2.13. The van der Waals surface area contributed by atoms with Gasteiger partial charge in [-0.25, -0.2) is 0 Å². The second-order valence-corrected chi connectivity index (χ2v) is 4.80. The molecule has 1 amide bonds. The second-order valence-electron chi connectivity index (χ2n) is 4.80. The van der Waals surface area contributed by atoms with Crippen LogP contribution in [-0.4, -0.2) is 5.91 Å². The average Bonchev–Trinajstić information content (AvgIpc) is 2.33. The van der Waals surface area contributed by atoms with Gasteiger partial charge in [0.2, 0.25) is 0 Å². The van der Waals surface area contributed by atoms with E-state index in [-0.39, 0.29) is 5.91 Å². The molecule has 3 heteroatoms. The minimum atomic E-state index is -0.102. The summed E-state index contributed by atoms with van der Waals surface area (Å²) < 4.78 is 0. The van der Waals surface area contributed by atoms with Gasteiger partial charge in [0, 0.05) is 16.9 Å². The standard InChI is InChI=1S/C16H18N2O/c1-10-5-4-6-11(2)15(10)18-16(19)14-8-7-13(17)9-12(14)3/h4-9H,17H2,1-3H3,(H,18,19). The van der Waals surface area contributed by atoms with Gasteiger partial charge in [0.05, 0.1) is 0 Å². The second kappa shape index (κ2) is 5.14. The molecule has 19 heavy (non-hydrogen) atoms. The van der Waals surface area contributed by atoms with Crippen molar-refractivity contribution in [1.29, 1.82) is 0 Å². The summed E-state index contributed by atoms with van der Waals surface area (Å²) in [6.07, 6.45) is 0. The van der Waals surface area contributed by atoms with Crippen molar-refractivity contribution in [3.8, 4) is 0 Å². The molecule has 0 fully saturated rings. The maximum Gasteiger partial charge on any atom is 0.255 e. The zero-order chi connectivity index (χ0) is 14.0. The van der Waals surface area contributed by atoms with Crippen molar-refractivity contribution in [2.45, 2.75) is 20.8 Å². The molecular weight excluding hydrogens is 236 g/mol. The fourth-order valence-corrected chi connectivity index (χ4v) is 2.13. The van der Waals surface area contributed by atoms with Gasteiger partial charge in [0.1, 0.15) is 0 Å². The van der Waals surface area contributed by atoms with Gasteiger partial charge in [0.15, 0.2) is 0 Å². The molecule has 98 valence electrons. The van der Waals surface area contributed by atoms with E-state index in [9.17, 15) is 4.79 Å². The average molecular weight is 254 g/mol.